The maximum absolute atomic E-state index is 12.7. The number of ether oxygens (including phenoxy) is 2. The Kier molecular flexibility index (Phi) is 7.46. The molecule has 0 aromatic heterocycles. The third kappa shape index (κ3) is 6.20. The average Bonchev–Trinajstić information content (AvgIpc) is 2.80. The van der Waals surface area contributed by atoms with E-state index in [4.69, 9.17) is 9.47 Å². The third-order valence-corrected chi connectivity index (χ3v) is 5.79. The molecule has 0 radical (unpaired) electrons. The van der Waals surface area contributed by atoms with Crippen LogP contribution in [0.25, 0.3) is 0 Å². The SMILES string of the molecule is CCOc1ccc(C=NNc2ccc(S(=O)(=O)Nc3ccc(OC)cc3)cc2[N+](=O)[O-])cc1. The molecular formula is C22H22N4O6S. The van der Waals surface area contributed by atoms with Gasteiger partial charge in [-0.25, -0.2) is 8.42 Å². The Morgan fingerprint density at radius 1 is 1.03 bits per heavy atom. The lowest BCUT2D eigenvalue weighted by atomic mass is 10.2. The van der Waals surface area contributed by atoms with Crippen LogP contribution in [-0.4, -0.2) is 33.3 Å². The first kappa shape index (κ1) is 23.5. The molecule has 0 heterocycles. The zero-order valence-corrected chi connectivity index (χ0v) is 18.7. The summed E-state index contributed by atoms with van der Waals surface area (Å²) in [5, 5.41) is 15.5. The second-order valence-corrected chi connectivity index (χ2v) is 8.32. The highest BCUT2D eigenvalue weighted by atomic mass is 32.2. The van der Waals surface area contributed by atoms with Gasteiger partial charge in [0.1, 0.15) is 17.2 Å². The molecule has 10 nitrogen and oxygen atoms in total. The van der Waals surface area contributed by atoms with Crippen LogP contribution in [-0.2, 0) is 10.0 Å². The predicted molar refractivity (Wildman–Crippen MR) is 126 cm³/mol. The minimum Gasteiger partial charge on any atom is -0.497 e. The monoisotopic (exact) mass is 470 g/mol. The van der Waals surface area contributed by atoms with E-state index in [1.165, 1.54) is 37.6 Å². The van der Waals surface area contributed by atoms with E-state index < -0.39 is 20.6 Å². The van der Waals surface area contributed by atoms with Crippen LogP contribution in [0.5, 0.6) is 11.5 Å². The van der Waals surface area contributed by atoms with Gasteiger partial charge in [0.05, 0.1) is 29.8 Å². The number of nitrogens with zero attached hydrogens (tertiary/aromatic N) is 2. The number of nitro groups is 1. The van der Waals surface area contributed by atoms with Crippen molar-refractivity contribution >= 4 is 33.3 Å². The first-order valence-electron chi connectivity index (χ1n) is 9.79. The van der Waals surface area contributed by atoms with Crippen LogP contribution in [0.3, 0.4) is 0 Å². The van der Waals surface area contributed by atoms with Crippen molar-refractivity contribution in [3.8, 4) is 11.5 Å². The number of anilines is 2. The molecule has 172 valence electrons. The van der Waals surface area contributed by atoms with Gasteiger partial charge >= 0.3 is 0 Å². The first-order valence-corrected chi connectivity index (χ1v) is 11.3. The molecule has 3 aromatic rings. The van der Waals surface area contributed by atoms with Crippen molar-refractivity contribution in [3.63, 3.8) is 0 Å². The zero-order chi connectivity index (χ0) is 23.8. The Hall–Kier alpha value is -4.12. The smallest absolute Gasteiger partial charge is 0.295 e. The number of nitro benzene ring substituents is 1. The van der Waals surface area contributed by atoms with Crippen molar-refractivity contribution in [1.82, 2.24) is 0 Å². The van der Waals surface area contributed by atoms with Crippen LogP contribution >= 0.6 is 0 Å². The Morgan fingerprint density at radius 2 is 1.70 bits per heavy atom. The number of methoxy groups -OCH3 is 1. The van der Waals surface area contributed by atoms with E-state index in [0.29, 0.717) is 18.0 Å². The largest absolute Gasteiger partial charge is 0.497 e. The average molecular weight is 471 g/mol. The summed E-state index contributed by atoms with van der Waals surface area (Å²) in [5.74, 6) is 1.29. The van der Waals surface area contributed by atoms with Gasteiger partial charge in [-0.2, -0.15) is 5.10 Å². The van der Waals surface area contributed by atoms with Gasteiger partial charge in [-0.1, -0.05) is 0 Å². The molecule has 0 atom stereocenters. The van der Waals surface area contributed by atoms with Gasteiger partial charge in [-0.15, -0.1) is 0 Å². The molecule has 0 aliphatic rings. The van der Waals surface area contributed by atoms with E-state index in [1.54, 1.807) is 36.4 Å². The summed E-state index contributed by atoms with van der Waals surface area (Å²) in [5.41, 5.74) is 3.24. The van der Waals surface area contributed by atoms with Crippen LogP contribution < -0.4 is 19.6 Å². The topological polar surface area (TPSA) is 132 Å². The highest BCUT2D eigenvalue weighted by Gasteiger charge is 2.21. The van der Waals surface area contributed by atoms with Crippen molar-refractivity contribution in [1.29, 1.82) is 0 Å². The maximum Gasteiger partial charge on any atom is 0.295 e. The minimum atomic E-state index is -4.05. The normalized spacial score (nSPS) is 11.2. The van der Waals surface area contributed by atoms with Crippen LogP contribution in [0.4, 0.5) is 17.1 Å². The lowest BCUT2D eigenvalue weighted by Crippen LogP contribution is -2.13. The maximum atomic E-state index is 12.7. The van der Waals surface area contributed by atoms with E-state index in [1.807, 2.05) is 6.92 Å². The van der Waals surface area contributed by atoms with Crippen molar-refractivity contribution in [2.45, 2.75) is 11.8 Å². The van der Waals surface area contributed by atoms with Crippen molar-refractivity contribution in [2.75, 3.05) is 23.9 Å². The summed E-state index contributed by atoms with van der Waals surface area (Å²) in [6.45, 7) is 2.44. The number of hydrogen-bond acceptors (Lipinski definition) is 8. The number of hydrogen-bond donors (Lipinski definition) is 2. The first-order chi connectivity index (χ1) is 15.8. The van der Waals surface area contributed by atoms with Gasteiger partial charge < -0.3 is 9.47 Å². The molecule has 0 bridgehead atoms. The second kappa shape index (κ2) is 10.5. The molecule has 0 saturated carbocycles. The van der Waals surface area contributed by atoms with E-state index in [-0.39, 0.29) is 10.6 Å². The standard InChI is InChI=1S/C22H22N4O6S/c1-3-32-19-8-4-16(5-9-19)15-23-24-21-13-12-20(14-22(21)26(27)28)33(29,30)25-17-6-10-18(31-2)11-7-17/h4-15,24-25H,3H2,1-2H3. The van der Waals surface area contributed by atoms with Gasteiger partial charge in [-0.3, -0.25) is 20.3 Å². The summed E-state index contributed by atoms with van der Waals surface area (Å²) in [7, 11) is -2.56. The van der Waals surface area contributed by atoms with Crippen molar-refractivity contribution in [3.05, 3.63) is 82.4 Å². The van der Waals surface area contributed by atoms with E-state index in [9.17, 15) is 18.5 Å². The Morgan fingerprint density at radius 3 is 2.30 bits per heavy atom. The molecule has 3 aromatic carbocycles. The molecule has 0 aliphatic carbocycles. The highest BCUT2D eigenvalue weighted by molar-refractivity contribution is 7.92. The van der Waals surface area contributed by atoms with E-state index in [0.717, 1.165) is 17.4 Å². The zero-order valence-electron chi connectivity index (χ0n) is 17.9. The van der Waals surface area contributed by atoms with Gasteiger partial charge in [0.2, 0.25) is 0 Å². The van der Waals surface area contributed by atoms with E-state index >= 15 is 0 Å². The van der Waals surface area contributed by atoms with Crippen molar-refractivity contribution < 1.29 is 22.8 Å². The molecule has 0 spiro atoms. The molecule has 0 aliphatic heterocycles. The van der Waals surface area contributed by atoms with Crippen LogP contribution in [0.1, 0.15) is 12.5 Å². The molecule has 0 amide bonds. The molecule has 0 fully saturated rings. The lowest BCUT2D eigenvalue weighted by Gasteiger charge is -2.10. The fraction of sp³-hybridized carbons (Fsp3) is 0.136. The van der Waals surface area contributed by atoms with Gasteiger partial charge in [0, 0.05) is 11.8 Å². The number of sulfonamides is 1. The summed E-state index contributed by atoms with van der Waals surface area (Å²) in [6, 6.07) is 16.9. The van der Waals surface area contributed by atoms with Gasteiger partial charge in [0.25, 0.3) is 15.7 Å². The van der Waals surface area contributed by atoms with Gasteiger partial charge in [-0.05, 0) is 73.2 Å². The van der Waals surface area contributed by atoms with Crippen molar-refractivity contribution in [2.24, 2.45) is 5.10 Å². The Balaban J connectivity index is 1.77. The highest BCUT2D eigenvalue weighted by Crippen LogP contribution is 2.29. The third-order valence-electron chi connectivity index (χ3n) is 4.41. The molecule has 0 unspecified atom stereocenters. The Bertz CT molecular complexity index is 1240. The number of hydrazone groups is 1. The predicted octanol–water partition coefficient (Wildman–Crippen LogP) is 4.25. The number of rotatable bonds is 10. The lowest BCUT2D eigenvalue weighted by molar-refractivity contribution is -0.384. The quantitative estimate of drug-likeness (QED) is 0.257. The fourth-order valence-corrected chi connectivity index (χ4v) is 3.87. The molecule has 33 heavy (non-hydrogen) atoms. The molecular weight excluding hydrogens is 448 g/mol. The van der Waals surface area contributed by atoms with Crippen LogP contribution in [0.2, 0.25) is 0 Å². The number of benzene rings is 3. The molecule has 2 N–H and O–H groups in total. The molecule has 11 heteroatoms. The minimum absolute atomic E-state index is 0.0468. The summed E-state index contributed by atoms with van der Waals surface area (Å²) >= 11 is 0. The second-order valence-electron chi connectivity index (χ2n) is 6.64. The molecule has 3 rings (SSSR count). The Labute approximate surface area is 191 Å². The summed E-state index contributed by atoms with van der Waals surface area (Å²) in [6.07, 6.45) is 1.48. The summed E-state index contributed by atoms with van der Waals surface area (Å²) < 4.78 is 38.2. The van der Waals surface area contributed by atoms with Gasteiger partial charge in [0.15, 0.2) is 0 Å². The van der Waals surface area contributed by atoms with Crippen LogP contribution in [0, 0.1) is 10.1 Å². The fourth-order valence-electron chi connectivity index (χ4n) is 2.79. The summed E-state index contributed by atoms with van der Waals surface area (Å²) in [4.78, 5) is 10.6. The van der Waals surface area contributed by atoms with Crippen LogP contribution in [0.15, 0.2) is 76.7 Å². The van der Waals surface area contributed by atoms with E-state index in [2.05, 4.69) is 15.2 Å². The number of nitrogens with one attached hydrogen (secondary N) is 2. The molecule has 0 saturated heterocycles.